The molecule has 0 unspecified atom stereocenters. The first-order chi connectivity index (χ1) is 5.95. The molecule has 0 radical (unpaired) electrons. The van der Waals surface area contributed by atoms with E-state index >= 15 is 0 Å². The van der Waals surface area contributed by atoms with Crippen molar-refractivity contribution in [1.29, 1.82) is 0 Å². The molecule has 0 aliphatic carbocycles. The Bertz CT molecular complexity index is 329. The molecule has 0 aliphatic rings. The zero-order valence-electron chi connectivity index (χ0n) is 7.79. The summed E-state index contributed by atoms with van der Waals surface area (Å²) in [5, 5.41) is 0. The lowest BCUT2D eigenvalue weighted by molar-refractivity contribution is 0.467. The second kappa shape index (κ2) is 3.40. The van der Waals surface area contributed by atoms with E-state index in [9.17, 15) is 13.2 Å². The van der Waals surface area contributed by atoms with Crippen LogP contribution >= 0.6 is 0 Å². The van der Waals surface area contributed by atoms with Crippen LogP contribution in [-0.2, 0) is 0 Å². The maximum Gasteiger partial charge on any atom is 0.165 e. The molecule has 0 aromatic heterocycles. The molecule has 0 bridgehead atoms. The van der Waals surface area contributed by atoms with Gasteiger partial charge in [-0.15, -0.1) is 0 Å². The fraction of sp³-hybridized carbons (Fsp3) is 0.400. The van der Waals surface area contributed by atoms with Crippen molar-refractivity contribution in [2.45, 2.75) is 26.7 Å². The third-order valence-corrected chi connectivity index (χ3v) is 1.95. The molecule has 0 aliphatic heterocycles. The summed E-state index contributed by atoms with van der Waals surface area (Å²) in [6.07, 6.45) is 0. The van der Waals surface area contributed by atoms with Gasteiger partial charge in [0.05, 0.1) is 0 Å². The fourth-order valence-electron chi connectivity index (χ4n) is 1.26. The van der Waals surface area contributed by atoms with Crippen LogP contribution in [0.3, 0.4) is 0 Å². The van der Waals surface area contributed by atoms with Gasteiger partial charge in [0.1, 0.15) is 5.82 Å². The highest BCUT2D eigenvalue weighted by atomic mass is 19.2. The van der Waals surface area contributed by atoms with Gasteiger partial charge in [0.2, 0.25) is 0 Å². The van der Waals surface area contributed by atoms with Crippen molar-refractivity contribution in [3.8, 4) is 0 Å². The van der Waals surface area contributed by atoms with Gasteiger partial charge in [0, 0.05) is 5.56 Å². The van der Waals surface area contributed by atoms with E-state index in [-0.39, 0.29) is 17.0 Å². The molecule has 0 atom stereocenters. The van der Waals surface area contributed by atoms with E-state index in [4.69, 9.17) is 0 Å². The highest BCUT2D eigenvalue weighted by molar-refractivity contribution is 5.29. The Morgan fingerprint density at radius 1 is 1.08 bits per heavy atom. The van der Waals surface area contributed by atoms with Gasteiger partial charge in [0.25, 0.3) is 0 Å². The zero-order valence-corrected chi connectivity index (χ0v) is 7.79. The zero-order chi connectivity index (χ0) is 10.2. The van der Waals surface area contributed by atoms with Gasteiger partial charge < -0.3 is 0 Å². The second-order valence-corrected chi connectivity index (χ2v) is 3.37. The quantitative estimate of drug-likeness (QED) is 0.591. The first kappa shape index (κ1) is 10.1. The molecule has 0 amide bonds. The Morgan fingerprint density at radius 3 is 2.08 bits per heavy atom. The summed E-state index contributed by atoms with van der Waals surface area (Å²) in [5.74, 6) is -3.04. The smallest absolute Gasteiger partial charge is 0.165 e. The molecule has 1 rings (SSSR count). The van der Waals surface area contributed by atoms with Crippen LogP contribution in [0.4, 0.5) is 13.2 Å². The fourth-order valence-corrected chi connectivity index (χ4v) is 1.26. The number of hydrogen-bond donors (Lipinski definition) is 0. The minimum atomic E-state index is -1.06. The summed E-state index contributed by atoms with van der Waals surface area (Å²) in [7, 11) is 0. The van der Waals surface area contributed by atoms with Crippen molar-refractivity contribution in [3.63, 3.8) is 0 Å². The number of aryl methyl sites for hydroxylation is 1. The van der Waals surface area contributed by atoms with E-state index in [1.165, 1.54) is 6.92 Å². The summed E-state index contributed by atoms with van der Waals surface area (Å²) in [6, 6.07) is 1.02. The van der Waals surface area contributed by atoms with Crippen LogP contribution in [0.25, 0.3) is 0 Å². The molecule has 0 N–H and O–H groups in total. The molecular weight excluding hydrogens is 177 g/mol. The lowest BCUT2D eigenvalue weighted by atomic mass is 10.00. The summed E-state index contributed by atoms with van der Waals surface area (Å²) < 4.78 is 39.3. The molecule has 0 spiro atoms. The van der Waals surface area contributed by atoms with Crippen molar-refractivity contribution in [3.05, 3.63) is 34.6 Å². The lowest BCUT2D eigenvalue weighted by Crippen LogP contribution is -2.03. The van der Waals surface area contributed by atoms with Gasteiger partial charge in [-0.1, -0.05) is 13.8 Å². The Morgan fingerprint density at radius 2 is 1.62 bits per heavy atom. The van der Waals surface area contributed by atoms with Gasteiger partial charge >= 0.3 is 0 Å². The number of rotatable bonds is 1. The second-order valence-electron chi connectivity index (χ2n) is 3.37. The normalized spacial score (nSPS) is 11.0. The molecule has 3 heteroatoms. The van der Waals surface area contributed by atoms with Crippen molar-refractivity contribution in [2.75, 3.05) is 0 Å². The van der Waals surface area contributed by atoms with E-state index in [2.05, 4.69) is 0 Å². The molecule has 0 nitrogen and oxygen atoms in total. The van der Waals surface area contributed by atoms with E-state index in [1.54, 1.807) is 13.8 Å². The number of halogens is 3. The van der Waals surface area contributed by atoms with Crippen LogP contribution in [0.2, 0.25) is 0 Å². The third kappa shape index (κ3) is 1.69. The Labute approximate surface area is 75.4 Å². The van der Waals surface area contributed by atoms with Gasteiger partial charge in [-0.05, 0) is 24.5 Å². The number of hydrogen-bond acceptors (Lipinski definition) is 0. The largest absolute Gasteiger partial charge is 0.207 e. The van der Waals surface area contributed by atoms with Gasteiger partial charge in [-0.25, -0.2) is 13.2 Å². The van der Waals surface area contributed by atoms with Crippen molar-refractivity contribution >= 4 is 0 Å². The van der Waals surface area contributed by atoms with E-state index in [1.807, 2.05) is 0 Å². The molecule has 1 aromatic rings. The molecular formula is C10H11F3. The first-order valence-electron chi connectivity index (χ1n) is 4.09. The van der Waals surface area contributed by atoms with Crippen molar-refractivity contribution in [2.24, 2.45) is 0 Å². The van der Waals surface area contributed by atoms with Crippen LogP contribution < -0.4 is 0 Å². The predicted molar refractivity (Wildman–Crippen MR) is 45.1 cm³/mol. The van der Waals surface area contributed by atoms with Gasteiger partial charge in [0.15, 0.2) is 11.6 Å². The summed E-state index contributed by atoms with van der Waals surface area (Å²) in [6.45, 7) is 4.58. The van der Waals surface area contributed by atoms with E-state index in [0.29, 0.717) is 0 Å². The van der Waals surface area contributed by atoms with E-state index in [0.717, 1.165) is 6.07 Å². The Hall–Kier alpha value is -0.990. The summed E-state index contributed by atoms with van der Waals surface area (Å²) in [4.78, 5) is 0. The minimum absolute atomic E-state index is 0.000556. The van der Waals surface area contributed by atoms with Crippen LogP contribution in [0.1, 0.15) is 30.9 Å². The lowest BCUT2D eigenvalue weighted by Gasteiger charge is -2.10. The highest BCUT2D eigenvalue weighted by Gasteiger charge is 2.18. The minimum Gasteiger partial charge on any atom is -0.207 e. The predicted octanol–water partition coefficient (Wildman–Crippen LogP) is 3.54. The SMILES string of the molecule is Cc1cc(F)c(C(C)C)c(F)c1F. The highest BCUT2D eigenvalue weighted by Crippen LogP contribution is 2.25. The van der Waals surface area contributed by atoms with Crippen LogP contribution in [0, 0.1) is 24.4 Å². The third-order valence-electron chi connectivity index (χ3n) is 1.95. The first-order valence-corrected chi connectivity index (χ1v) is 4.09. The Balaban J connectivity index is 3.44. The topological polar surface area (TPSA) is 0 Å². The van der Waals surface area contributed by atoms with Gasteiger partial charge in [-0.2, -0.15) is 0 Å². The summed E-state index contributed by atoms with van der Waals surface area (Å²) in [5.41, 5.74) is -0.178. The summed E-state index contributed by atoms with van der Waals surface area (Å²) >= 11 is 0. The molecule has 72 valence electrons. The molecule has 0 saturated carbocycles. The molecule has 0 saturated heterocycles. The Kier molecular flexibility index (Phi) is 2.64. The van der Waals surface area contributed by atoms with Gasteiger partial charge in [-0.3, -0.25) is 0 Å². The monoisotopic (exact) mass is 188 g/mol. The van der Waals surface area contributed by atoms with E-state index < -0.39 is 17.5 Å². The average Bonchev–Trinajstić information content (AvgIpc) is 1.99. The van der Waals surface area contributed by atoms with Crippen LogP contribution in [0.5, 0.6) is 0 Å². The molecule has 13 heavy (non-hydrogen) atoms. The molecule has 0 heterocycles. The average molecular weight is 188 g/mol. The molecule has 1 aromatic carbocycles. The van der Waals surface area contributed by atoms with Crippen LogP contribution in [-0.4, -0.2) is 0 Å². The maximum atomic E-state index is 13.2. The van der Waals surface area contributed by atoms with Crippen molar-refractivity contribution < 1.29 is 13.2 Å². The molecule has 0 fully saturated rings. The standard InChI is InChI=1S/C10H11F3/c1-5(2)8-7(11)4-6(3)9(12)10(8)13/h4-5H,1-3H3. The van der Waals surface area contributed by atoms with Crippen LogP contribution in [0.15, 0.2) is 6.07 Å². The number of benzene rings is 1. The van der Waals surface area contributed by atoms with Crippen molar-refractivity contribution in [1.82, 2.24) is 0 Å². The maximum absolute atomic E-state index is 13.2.